The average molecular weight is 185 g/mol. The monoisotopic (exact) mass is 185 g/mol. The highest BCUT2D eigenvalue weighted by atomic mass is 16.3. The van der Waals surface area contributed by atoms with E-state index in [0.717, 1.165) is 19.3 Å². The predicted octanol–water partition coefficient (Wildman–Crippen LogP) is 2.10. The molecule has 0 radical (unpaired) electrons. The van der Waals surface area contributed by atoms with E-state index in [0.29, 0.717) is 6.42 Å². The molecule has 0 aliphatic heterocycles. The highest BCUT2D eigenvalue weighted by Crippen LogP contribution is 2.05. The number of aliphatic hydroxyl groups excluding tert-OH is 1. The zero-order valence-electron chi connectivity index (χ0n) is 8.71. The Morgan fingerprint density at radius 3 is 2.46 bits per heavy atom. The topological polar surface area (TPSA) is 40.5 Å². The van der Waals surface area contributed by atoms with Crippen LogP contribution in [0.3, 0.4) is 0 Å². The van der Waals surface area contributed by atoms with Crippen LogP contribution in [0, 0.1) is 0 Å². The van der Waals surface area contributed by atoms with Crippen LogP contribution in [-0.2, 0) is 4.79 Å². The summed E-state index contributed by atoms with van der Waals surface area (Å²) < 4.78 is 0. The van der Waals surface area contributed by atoms with Crippen LogP contribution in [0.1, 0.15) is 32.6 Å². The number of rotatable bonds is 5. The van der Waals surface area contributed by atoms with Crippen LogP contribution in [0.25, 0.3) is 0 Å². The number of allylic oxidation sites excluding steroid dienone is 1. The maximum absolute atomic E-state index is 11.1. The summed E-state index contributed by atoms with van der Waals surface area (Å²) >= 11 is 0. The van der Waals surface area contributed by atoms with Gasteiger partial charge in [-0.25, -0.2) is 0 Å². The SMILES string of the molecule is CCCCCC(O)=CC(=O)N(C)C. The number of hydrogen-bond acceptors (Lipinski definition) is 2. The number of likely N-dealkylation sites (N-methyl/N-ethyl adjacent to an activating group) is 1. The molecule has 0 unspecified atom stereocenters. The van der Waals surface area contributed by atoms with Gasteiger partial charge in [0, 0.05) is 26.6 Å². The van der Waals surface area contributed by atoms with Crippen LogP contribution in [0.4, 0.5) is 0 Å². The summed E-state index contributed by atoms with van der Waals surface area (Å²) in [7, 11) is 3.33. The van der Waals surface area contributed by atoms with Gasteiger partial charge in [-0.1, -0.05) is 19.8 Å². The third-order valence-corrected chi connectivity index (χ3v) is 1.77. The second kappa shape index (κ2) is 6.52. The minimum Gasteiger partial charge on any atom is -0.512 e. The lowest BCUT2D eigenvalue weighted by Crippen LogP contribution is -2.19. The van der Waals surface area contributed by atoms with Crippen molar-refractivity contribution in [2.75, 3.05) is 14.1 Å². The number of hydrogen-bond donors (Lipinski definition) is 1. The van der Waals surface area contributed by atoms with Gasteiger partial charge < -0.3 is 10.0 Å². The molecule has 0 aliphatic rings. The zero-order chi connectivity index (χ0) is 10.3. The Balaban J connectivity index is 3.81. The molecule has 0 aromatic heterocycles. The Hall–Kier alpha value is -0.990. The Labute approximate surface area is 80.0 Å². The molecule has 76 valence electrons. The summed E-state index contributed by atoms with van der Waals surface area (Å²) in [5, 5.41) is 9.31. The second-order valence-electron chi connectivity index (χ2n) is 3.33. The number of carbonyl (C=O) groups excluding carboxylic acids is 1. The van der Waals surface area contributed by atoms with Crippen molar-refractivity contribution in [1.82, 2.24) is 4.90 Å². The van der Waals surface area contributed by atoms with Crippen LogP contribution in [0.5, 0.6) is 0 Å². The van der Waals surface area contributed by atoms with Crippen LogP contribution in [0.2, 0.25) is 0 Å². The van der Waals surface area contributed by atoms with Crippen molar-refractivity contribution in [3.8, 4) is 0 Å². The Kier molecular flexibility index (Phi) is 6.02. The third kappa shape index (κ3) is 6.20. The molecule has 0 aromatic rings. The second-order valence-corrected chi connectivity index (χ2v) is 3.33. The first-order valence-corrected chi connectivity index (χ1v) is 4.68. The number of nitrogens with zero attached hydrogens (tertiary/aromatic N) is 1. The normalized spacial score (nSPS) is 11.5. The van der Waals surface area contributed by atoms with Gasteiger partial charge in [0.25, 0.3) is 0 Å². The number of unbranched alkanes of at least 4 members (excludes halogenated alkanes) is 2. The molecule has 0 rings (SSSR count). The molecule has 0 spiro atoms. The van der Waals surface area contributed by atoms with E-state index in [-0.39, 0.29) is 11.7 Å². The molecule has 1 amide bonds. The molecule has 0 fully saturated rings. The number of amides is 1. The minimum absolute atomic E-state index is 0.158. The maximum atomic E-state index is 11.1. The van der Waals surface area contributed by atoms with E-state index in [9.17, 15) is 9.90 Å². The van der Waals surface area contributed by atoms with Gasteiger partial charge in [-0.3, -0.25) is 4.79 Å². The Morgan fingerprint density at radius 2 is 2.00 bits per heavy atom. The van der Waals surface area contributed by atoms with Gasteiger partial charge in [-0.05, 0) is 6.42 Å². The summed E-state index contributed by atoms with van der Waals surface area (Å²) in [6, 6.07) is 0. The first-order chi connectivity index (χ1) is 6.07. The molecule has 1 N–H and O–H groups in total. The van der Waals surface area contributed by atoms with Crippen LogP contribution >= 0.6 is 0 Å². The molecule has 0 saturated heterocycles. The molecule has 0 atom stereocenters. The summed E-state index contributed by atoms with van der Waals surface area (Å²) in [5.74, 6) is 0.0288. The summed E-state index contributed by atoms with van der Waals surface area (Å²) in [5.41, 5.74) is 0. The summed E-state index contributed by atoms with van der Waals surface area (Å²) in [6.07, 6.45) is 5.05. The lowest BCUT2D eigenvalue weighted by molar-refractivity contribution is -0.123. The number of carbonyl (C=O) groups is 1. The van der Waals surface area contributed by atoms with E-state index >= 15 is 0 Å². The van der Waals surface area contributed by atoms with Gasteiger partial charge >= 0.3 is 0 Å². The van der Waals surface area contributed by atoms with E-state index in [1.807, 2.05) is 0 Å². The van der Waals surface area contributed by atoms with Gasteiger partial charge in [0.05, 0.1) is 5.76 Å². The fraction of sp³-hybridized carbons (Fsp3) is 0.700. The van der Waals surface area contributed by atoms with Crippen molar-refractivity contribution in [2.24, 2.45) is 0 Å². The Morgan fingerprint density at radius 1 is 1.38 bits per heavy atom. The lowest BCUT2D eigenvalue weighted by Gasteiger charge is -2.06. The van der Waals surface area contributed by atoms with Gasteiger partial charge in [-0.15, -0.1) is 0 Å². The zero-order valence-corrected chi connectivity index (χ0v) is 8.71. The fourth-order valence-electron chi connectivity index (χ4n) is 0.900. The smallest absolute Gasteiger partial charge is 0.249 e. The highest BCUT2D eigenvalue weighted by molar-refractivity contribution is 5.87. The predicted molar refractivity (Wildman–Crippen MR) is 53.5 cm³/mol. The molecule has 0 saturated carbocycles. The van der Waals surface area contributed by atoms with Crippen molar-refractivity contribution < 1.29 is 9.90 Å². The first-order valence-electron chi connectivity index (χ1n) is 4.68. The van der Waals surface area contributed by atoms with Crippen LogP contribution in [-0.4, -0.2) is 30.0 Å². The number of aliphatic hydroxyl groups is 1. The standard InChI is InChI=1S/C10H19NO2/c1-4-5-6-7-9(12)8-10(13)11(2)3/h8,12H,4-7H2,1-3H3. The molecular weight excluding hydrogens is 166 g/mol. The molecule has 0 aliphatic carbocycles. The molecule has 0 aromatic carbocycles. The van der Waals surface area contributed by atoms with Gasteiger partial charge in [0.15, 0.2) is 0 Å². The molecule has 13 heavy (non-hydrogen) atoms. The van der Waals surface area contributed by atoms with E-state index in [2.05, 4.69) is 6.92 Å². The summed E-state index contributed by atoms with van der Waals surface area (Å²) in [4.78, 5) is 12.5. The first kappa shape index (κ1) is 12.0. The minimum atomic E-state index is -0.158. The molecule has 0 heterocycles. The largest absolute Gasteiger partial charge is 0.512 e. The van der Waals surface area contributed by atoms with E-state index in [4.69, 9.17) is 0 Å². The quantitative estimate of drug-likeness (QED) is 0.405. The van der Waals surface area contributed by atoms with Gasteiger partial charge in [0.1, 0.15) is 0 Å². The highest BCUT2D eigenvalue weighted by Gasteiger charge is 2.01. The molecule has 0 bridgehead atoms. The van der Waals surface area contributed by atoms with E-state index in [1.165, 1.54) is 11.0 Å². The molecule has 3 heteroatoms. The molecular formula is C10H19NO2. The molecule has 3 nitrogen and oxygen atoms in total. The van der Waals surface area contributed by atoms with Gasteiger partial charge in [-0.2, -0.15) is 0 Å². The van der Waals surface area contributed by atoms with E-state index in [1.54, 1.807) is 14.1 Å². The van der Waals surface area contributed by atoms with Crippen molar-refractivity contribution in [2.45, 2.75) is 32.6 Å². The van der Waals surface area contributed by atoms with Crippen LogP contribution in [0.15, 0.2) is 11.8 Å². The van der Waals surface area contributed by atoms with Gasteiger partial charge in [0.2, 0.25) is 5.91 Å². The van der Waals surface area contributed by atoms with E-state index < -0.39 is 0 Å². The maximum Gasteiger partial charge on any atom is 0.249 e. The van der Waals surface area contributed by atoms with Crippen molar-refractivity contribution in [1.29, 1.82) is 0 Å². The van der Waals surface area contributed by atoms with Crippen molar-refractivity contribution in [3.63, 3.8) is 0 Å². The Bertz CT molecular complexity index is 185. The van der Waals surface area contributed by atoms with Crippen molar-refractivity contribution >= 4 is 5.91 Å². The average Bonchev–Trinajstić information content (AvgIpc) is 2.04. The third-order valence-electron chi connectivity index (χ3n) is 1.77. The lowest BCUT2D eigenvalue weighted by atomic mass is 10.2. The van der Waals surface area contributed by atoms with Crippen molar-refractivity contribution in [3.05, 3.63) is 11.8 Å². The summed E-state index contributed by atoms with van der Waals surface area (Å²) in [6.45, 7) is 2.10. The van der Waals surface area contributed by atoms with Crippen LogP contribution < -0.4 is 0 Å². The fourth-order valence-corrected chi connectivity index (χ4v) is 0.900.